The minimum Gasteiger partial charge on any atom is -0.390 e. The van der Waals surface area contributed by atoms with Crippen molar-refractivity contribution in [3.8, 4) is 0 Å². The molecule has 80 valence electrons. The van der Waals surface area contributed by atoms with Gasteiger partial charge in [-0.05, 0) is 17.7 Å². The molecule has 1 aromatic heterocycles. The number of halogens is 1. The molecule has 0 aliphatic carbocycles. The molecule has 0 fully saturated rings. The Hall–Kier alpha value is -1.33. The van der Waals surface area contributed by atoms with Gasteiger partial charge in [0.15, 0.2) is 0 Å². The molecule has 2 atom stereocenters. The van der Waals surface area contributed by atoms with E-state index in [2.05, 4.69) is 15.0 Å². The lowest BCUT2D eigenvalue weighted by Gasteiger charge is -2.14. The molecular formula is C8H9ClN4O2. The summed E-state index contributed by atoms with van der Waals surface area (Å²) in [5.74, 6) is 0. The van der Waals surface area contributed by atoms with E-state index in [4.69, 9.17) is 17.1 Å². The zero-order valence-corrected chi connectivity index (χ0v) is 8.41. The van der Waals surface area contributed by atoms with Crippen LogP contribution in [0.4, 0.5) is 0 Å². The zero-order valence-electron chi connectivity index (χ0n) is 7.66. The maximum atomic E-state index is 9.59. The van der Waals surface area contributed by atoms with Crippen LogP contribution in [0.5, 0.6) is 0 Å². The Kier molecular flexibility index (Phi) is 4.33. The Morgan fingerprint density at radius 3 is 2.93 bits per heavy atom. The molecule has 0 aliphatic heterocycles. The standard InChI is InChI=1S/C8H9ClN4O2/c9-5-1-2-11-6(3-5)8(15)7(14)4-12-13-10/h1-3,7-8,14-15H,4H2. The quantitative estimate of drug-likeness (QED) is 0.463. The van der Waals surface area contributed by atoms with Gasteiger partial charge in [0.2, 0.25) is 0 Å². The van der Waals surface area contributed by atoms with Crippen LogP contribution in [0.1, 0.15) is 11.8 Å². The second-order valence-electron chi connectivity index (χ2n) is 2.82. The number of aromatic nitrogens is 1. The minimum absolute atomic E-state index is 0.216. The van der Waals surface area contributed by atoms with Gasteiger partial charge in [-0.15, -0.1) is 0 Å². The first-order chi connectivity index (χ1) is 7.15. The van der Waals surface area contributed by atoms with Gasteiger partial charge in [0.25, 0.3) is 0 Å². The molecule has 0 amide bonds. The molecule has 15 heavy (non-hydrogen) atoms. The van der Waals surface area contributed by atoms with Crippen molar-refractivity contribution in [3.05, 3.63) is 39.5 Å². The number of rotatable bonds is 4. The van der Waals surface area contributed by atoms with Crippen LogP contribution in [-0.2, 0) is 0 Å². The average Bonchev–Trinajstić information content (AvgIpc) is 2.24. The minimum atomic E-state index is -1.21. The smallest absolute Gasteiger partial charge is 0.122 e. The van der Waals surface area contributed by atoms with Gasteiger partial charge in [0, 0.05) is 16.1 Å². The summed E-state index contributed by atoms with van der Waals surface area (Å²) in [4.78, 5) is 6.32. The van der Waals surface area contributed by atoms with Crippen molar-refractivity contribution < 1.29 is 10.2 Å². The fourth-order valence-corrected chi connectivity index (χ4v) is 1.17. The van der Waals surface area contributed by atoms with E-state index < -0.39 is 12.2 Å². The van der Waals surface area contributed by atoms with Crippen LogP contribution in [-0.4, -0.2) is 27.8 Å². The van der Waals surface area contributed by atoms with Crippen molar-refractivity contribution in [2.24, 2.45) is 5.11 Å². The molecule has 7 heteroatoms. The first kappa shape index (κ1) is 11.7. The molecule has 0 radical (unpaired) electrons. The van der Waals surface area contributed by atoms with Gasteiger partial charge in [-0.3, -0.25) is 4.98 Å². The third kappa shape index (κ3) is 3.38. The van der Waals surface area contributed by atoms with E-state index in [0.29, 0.717) is 5.02 Å². The SMILES string of the molecule is [N-]=[N+]=NCC(O)C(O)c1cc(Cl)ccn1. The van der Waals surface area contributed by atoms with Crippen LogP contribution >= 0.6 is 11.6 Å². The highest BCUT2D eigenvalue weighted by Gasteiger charge is 2.18. The summed E-state index contributed by atoms with van der Waals surface area (Å²) in [6.07, 6.45) is -0.984. The summed E-state index contributed by atoms with van der Waals surface area (Å²) in [5.41, 5.74) is 8.28. The molecule has 6 nitrogen and oxygen atoms in total. The predicted molar refractivity (Wildman–Crippen MR) is 54.2 cm³/mol. The fourth-order valence-electron chi connectivity index (χ4n) is 1.00. The lowest BCUT2D eigenvalue weighted by Crippen LogP contribution is -2.21. The number of aliphatic hydroxyl groups excluding tert-OH is 2. The number of hydrogen-bond donors (Lipinski definition) is 2. The fraction of sp³-hybridized carbons (Fsp3) is 0.375. The highest BCUT2D eigenvalue weighted by Crippen LogP contribution is 2.18. The van der Waals surface area contributed by atoms with E-state index in [0.717, 1.165) is 0 Å². The van der Waals surface area contributed by atoms with Crippen LogP contribution in [0.15, 0.2) is 23.4 Å². The van der Waals surface area contributed by atoms with Gasteiger partial charge < -0.3 is 10.2 Å². The number of nitrogens with zero attached hydrogens (tertiary/aromatic N) is 4. The topological polar surface area (TPSA) is 102 Å². The van der Waals surface area contributed by atoms with Gasteiger partial charge in [-0.1, -0.05) is 16.7 Å². The summed E-state index contributed by atoms with van der Waals surface area (Å²) >= 11 is 5.68. The molecule has 2 unspecified atom stereocenters. The van der Waals surface area contributed by atoms with E-state index in [1.54, 1.807) is 6.07 Å². The van der Waals surface area contributed by atoms with Crippen molar-refractivity contribution >= 4 is 11.6 Å². The maximum Gasteiger partial charge on any atom is 0.122 e. The van der Waals surface area contributed by atoms with Crippen molar-refractivity contribution in [2.45, 2.75) is 12.2 Å². The first-order valence-electron chi connectivity index (χ1n) is 4.13. The monoisotopic (exact) mass is 228 g/mol. The number of hydrogen-bond acceptors (Lipinski definition) is 4. The lowest BCUT2D eigenvalue weighted by molar-refractivity contribution is 0.0218. The highest BCUT2D eigenvalue weighted by molar-refractivity contribution is 6.30. The van der Waals surface area contributed by atoms with Gasteiger partial charge in [0.05, 0.1) is 18.3 Å². The van der Waals surface area contributed by atoms with Crippen LogP contribution in [0, 0.1) is 0 Å². The molecule has 0 saturated carbocycles. The molecule has 0 aliphatic rings. The zero-order chi connectivity index (χ0) is 11.3. The molecule has 0 bridgehead atoms. The summed E-state index contributed by atoms with van der Waals surface area (Å²) in [6, 6.07) is 2.99. The molecular weight excluding hydrogens is 220 g/mol. The molecule has 1 aromatic rings. The van der Waals surface area contributed by atoms with E-state index in [1.807, 2.05) is 0 Å². The maximum absolute atomic E-state index is 9.59. The van der Waals surface area contributed by atoms with E-state index in [1.165, 1.54) is 12.3 Å². The number of aliphatic hydroxyl groups is 2. The van der Waals surface area contributed by atoms with Gasteiger partial charge in [-0.25, -0.2) is 0 Å². The average molecular weight is 229 g/mol. The number of pyridine rings is 1. The predicted octanol–water partition coefficient (Wildman–Crippen LogP) is 1.44. The van der Waals surface area contributed by atoms with Crippen LogP contribution in [0.25, 0.3) is 10.4 Å². The largest absolute Gasteiger partial charge is 0.390 e. The Morgan fingerprint density at radius 1 is 1.60 bits per heavy atom. The molecule has 0 aromatic carbocycles. The summed E-state index contributed by atoms with van der Waals surface area (Å²) in [6.45, 7) is -0.216. The summed E-state index contributed by atoms with van der Waals surface area (Å²) in [7, 11) is 0. The molecule has 2 N–H and O–H groups in total. The number of azide groups is 1. The van der Waals surface area contributed by atoms with Crippen LogP contribution in [0.3, 0.4) is 0 Å². The second kappa shape index (κ2) is 5.53. The third-order valence-corrected chi connectivity index (χ3v) is 1.98. The molecule has 0 spiro atoms. The van der Waals surface area contributed by atoms with Gasteiger partial charge in [0.1, 0.15) is 6.10 Å². The lowest BCUT2D eigenvalue weighted by atomic mass is 10.1. The Bertz CT molecular complexity index is 381. The molecule has 1 heterocycles. The van der Waals surface area contributed by atoms with Crippen molar-refractivity contribution in [1.82, 2.24) is 4.98 Å². The Labute approximate surface area is 90.8 Å². The third-order valence-electron chi connectivity index (χ3n) is 1.74. The Morgan fingerprint density at radius 2 is 2.33 bits per heavy atom. The van der Waals surface area contributed by atoms with Crippen molar-refractivity contribution in [1.29, 1.82) is 0 Å². The van der Waals surface area contributed by atoms with E-state index >= 15 is 0 Å². The van der Waals surface area contributed by atoms with Gasteiger partial charge >= 0.3 is 0 Å². The summed E-state index contributed by atoms with van der Waals surface area (Å²) < 4.78 is 0. The van der Waals surface area contributed by atoms with E-state index in [9.17, 15) is 10.2 Å². The van der Waals surface area contributed by atoms with E-state index in [-0.39, 0.29) is 12.2 Å². The molecule has 0 saturated heterocycles. The normalized spacial score (nSPS) is 14.1. The van der Waals surface area contributed by atoms with Crippen molar-refractivity contribution in [3.63, 3.8) is 0 Å². The second-order valence-corrected chi connectivity index (χ2v) is 3.26. The van der Waals surface area contributed by atoms with Crippen LogP contribution in [0.2, 0.25) is 5.02 Å². The first-order valence-corrected chi connectivity index (χ1v) is 4.51. The van der Waals surface area contributed by atoms with Crippen LogP contribution < -0.4 is 0 Å². The Balaban J connectivity index is 2.75. The molecule has 1 rings (SSSR count). The van der Waals surface area contributed by atoms with Gasteiger partial charge in [-0.2, -0.15) is 0 Å². The summed E-state index contributed by atoms with van der Waals surface area (Å²) in [5, 5.41) is 22.5. The highest BCUT2D eigenvalue weighted by atomic mass is 35.5. The van der Waals surface area contributed by atoms with Crippen molar-refractivity contribution in [2.75, 3.05) is 6.54 Å².